The molecular weight excluding hydrogens is 413 g/mol. The maximum atomic E-state index is 13.0. The minimum absolute atomic E-state index is 0.463. The van der Waals surface area contributed by atoms with E-state index in [1.165, 1.54) is 12.1 Å². The summed E-state index contributed by atoms with van der Waals surface area (Å²) in [7, 11) is 0. The van der Waals surface area contributed by atoms with Crippen LogP contribution in [-0.4, -0.2) is 11.5 Å². The first-order valence-corrected chi connectivity index (χ1v) is 10.6. The van der Waals surface area contributed by atoms with Crippen LogP contribution < -0.4 is 10.5 Å². The van der Waals surface area contributed by atoms with Crippen molar-refractivity contribution >= 4 is 10.9 Å². The van der Waals surface area contributed by atoms with E-state index in [2.05, 4.69) is 4.98 Å². The Morgan fingerprint density at radius 2 is 1.62 bits per heavy atom. The first-order valence-electron chi connectivity index (χ1n) is 10.6. The smallest absolute Gasteiger partial charge is 0.416 e. The topological polar surface area (TPSA) is 51.0 Å². The molecule has 0 bridgehead atoms. The van der Waals surface area contributed by atoms with Gasteiger partial charge in [0.25, 0.3) is 0 Å². The van der Waals surface area contributed by atoms with Gasteiger partial charge < -0.3 is 15.5 Å². The number of nitrogens with one attached hydrogen (secondary N) is 1. The summed E-state index contributed by atoms with van der Waals surface area (Å²) >= 11 is 0. The number of aryl methyl sites for hydroxylation is 1. The Morgan fingerprint density at radius 3 is 2.31 bits per heavy atom. The van der Waals surface area contributed by atoms with E-state index in [0.29, 0.717) is 13.2 Å². The maximum absolute atomic E-state index is 13.0. The lowest BCUT2D eigenvalue weighted by atomic mass is 9.99. The molecule has 0 atom stereocenters. The third kappa shape index (κ3) is 4.97. The summed E-state index contributed by atoms with van der Waals surface area (Å²) in [5.74, 6) is 0.749. The lowest BCUT2D eigenvalue weighted by Gasteiger charge is -2.09. The second kappa shape index (κ2) is 9.49. The molecule has 4 rings (SSSR count). The van der Waals surface area contributed by atoms with Crippen LogP contribution >= 0.6 is 0 Å². The number of aromatic nitrogens is 1. The molecule has 0 unspecified atom stereocenters. The van der Waals surface area contributed by atoms with Crippen LogP contribution in [-0.2, 0) is 19.2 Å². The average Bonchev–Trinajstić information content (AvgIpc) is 3.16. The van der Waals surface area contributed by atoms with Crippen molar-refractivity contribution in [1.29, 1.82) is 0 Å². The minimum atomic E-state index is -4.35. The summed E-state index contributed by atoms with van der Waals surface area (Å²) in [6, 6.07) is 21.1. The molecular formula is C26H25F3N2O. The molecule has 0 aliphatic heterocycles. The van der Waals surface area contributed by atoms with E-state index in [1.807, 2.05) is 48.5 Å². The van der Waals surface area contributed by atoms with Crippen LogP contribution in [0.25, 0.3) is 22.2 Å². The van der Waals surface area contributed by atoms with Gasteiger partial charge in [-0.3, -0.25) is 0 Å². The average molecular weight is 438 g/mol. The van der Waals surface area contributed by atoms with Crippen LogP contribution in [0.2, 0.25) is 0 Å². The molecule has 6 heteroatoms. The monoisotopic (exact) mass is 438 g/mol. The van der Waals surface area contributed by atoms with Crippen LogP contribution in [0, 0.1) is 0 Å². The fourth-order valence-electron chi connectivity index (χ4n) is 3.84. The summed E-state index contributed by atoms with van der Waals surface area (Å²) in [5.41, 5.74) is 9.65. The van der Waals surface area contributed by atoms with E-state index in [0.717, 1.165) is 70.4 Å². The largest absolute Gasteiger partial charge is 0.489 e. The predicted octanol–water partition coefficient (Wildman–Crippen LogP) is 6.71. The van der Waals surface area contributed by atoms with Crippen molar-refractivity contribution in [3.8, 4) is 17.0 Å². The number of hydrogen-bond acceptors (Lipinski definition) is 2. The van der Waals surface area contributed by atoms with Crippen LogP contribution in [0.4, 0.5) is 13.2 Å². The number of H-pyrrole nitrogens is 1. The summed E-state index contributed by atoms with van der Waals surface area (Å²) in [5, 5.41) is 1.02. The van der Waals surface area contributed by atoms with Gasteiger partial charge in [0.15, 0.2) is 0 Å². The fraction of sp³-hybridized carbons (Fsp3) is 0.231. The molecule has 0 amide bonds. The highest BCUT2D eigenvalue weighted by Crippen LogP contribution is 2.36. The van der Waals surface area contributed by atoms with E-state index in [-0.39, 0.29) is 0 Å². The molecule has 1 aromatic heterocycles. The van der Waals surface area contributed by atoms with Gasteiger partial charge in [0.2, 0.25) is 0 Å². The first-order chi connectivity index (χ1) is 15.5. The highest BCUT2D eigenvalue weighted by Gasteiger charge is 2.30. The highest BCUT2D eigenvalue weighted by molar-refractivity contribution is 5.91. The molecule has 3 N–H and O–H groups in total. The zero-order valence-corrected chi connectivity index (χ0v) is 17.6. The number of alkyl halides is 3. The van der Waals surface area contributed by atoms with Crippen molar-refractivity contribution in [2.75, 3.05) is 6.54 Å². The summed E-state index contributed by atoms with van der Waals surface area (Å²) in [6.45, 7) is 1.06. The number of hydrogen-bond donors (Lipinski definition) is 2. The quantitative estimate of drug-likeness (QED) is 0.300. The molecule has 0 radical (unpaired) electrons. The molecule has 0 spiro atoms. The van der Waals surface area contributed by atoms with Crippen LogP contribution in [0.15, 0.2) is 72.8 Å². The SMILES string of the molecule is NCCCCc1c(-c2ccc(C(F)(F)F)cc2)[nH]c2ccc(OCc3ccccc3)cc12. The molecule has 0 aliphatic rings. The van der Waals surface area contributed by atoms with Gasteiger partial charge in [-0.25, -0.2) is 0 Å². The van der Waals surface area contributed by atoms with Gasteiger partial charge in [-0.2, -0.15) is 13.2 Å². The van der Waals surface area contributed by atoms with Crippen LogP contribution in [0.5, 0.6) is 5.75 Å². The Hall–Kier alpha value is -3.25. The van der Waals surface area contributed by atoms with Crippen molar-refractivity contribution in [3.63, 3.8) is 0 Å². The first kappa shape index (κ1) is 22.0. The predicted molar refractivity (Wildman–Crippen MR) is 122 cm³/mol. The molecule has 166 valence electrons. The van der Waals surface area contributed by atoms with Gasteiger partial charge in [0, 0.05) is 16.6 Å². The molecule has 3 nitrogen and oxygen atoms in total. The molecule has 32 heavy (non-hydrogen) atoms. The Balaban J connectivity index is 1.67. The molecule has 3 aromatic carbocycles. The molecule has 0 saturated heterocycles. The minimum Gasteiger partial charge on any atom is -0.489 e. The van der Waals surface area contributed by atoms with Crippen molar-refractivity contribution in [2.24, 2.45) is 5.73 Å². The van der Waals surface area contributed by atoms with Crippen LogP contribution in [0.3, 0.4) is 0 Å². The lowest BCUT2D eigenvalue weighted by molar-refractivity contribution is -0.137. The number of rotatable bonds is 8. The molecule has 0 aliphatic carbocycles. The Bertz CT molecular complexity index is 1170. The second-order valence-corrected chi connectivity index (χ2v) is 7.78. The molecule has 0 fully saturated rings. The van der Waals surface area contributed by atoms with E-state index in [9.17, 15) is 13.2 Å². The Kier molecular flexibility index (Phi) is 6.51. The van der Waals surface area contributed by atoms with Gasteiger partial charge in [-0.1, -0.05) is 42.5 Å². The number of halogens is 3. The highest BCUT2D eigenvalue weighted by atomic mass is 19.4. The maximum Gasteiger partial charge on any atom is 0.416 e. The van der Waals surface area contributed by atoms with Crippen molar-refractivity contribution in [3.05, 3.63) is 89.5 Å². The zero-order valence-electron chi connectivity index (χ0n) is 17.6. The number of nitrogens with two attached hydrogens (primary N) is 1. The number of fused-ring (bicyclic) bond motifs is 1. The molecule has 1 heterocycles. The van der Waals surface area contributed by atoms with Crippen molar-refractivity contribution < 1.29 is 17.9 Å². The third-order valence-electron chi connectivity index (χ3n) is 5.51. The van der Waals surface area contributed by atoms with Gasteiger partial charge in [-0.05, 0) is 72.8 Å². The zero-order chi connectivity index (χ0) is 22.6. The summed E-state index contributed by atoms with van der Waals surface area (Å²) in [4.78, 5) is 3.40. The van der Waals surface area contributed by atoms with E-state index >= 15 is 0 Å². The number of benzene rings is 3. The normalized spacial score (nSPS) is 11.8. The molecule has 4 aromatic rings. The third-order valence-corrected chi connectivity index (χ3v) is 5.51. The van der Waals surface area contributed by atoms with Gasteiger partial charge >= 0.3 is 6.18 Å². The van der Waals surface area contributed by atoms with Gasteiger partial charge in [0.05, 0.1) is 5.56 Å². The lowest BCUT2D eigenvalue weighted by Crippen LogP contribution is -2.04. The standard InChI is InChI=1S/C26H25F3N2O/c27-26(28,29)20-11-9-19(10-12-20)25-22(8-4-5-15-30)23-16-21(13-14-24(23)31-25)32-17-18-6-2-1-3-7-18/h1-3,6-7,9-14,16,31H,4-5,8,15,17,30H2. The van der Waals surface area contributed by atoms with Crippen molar-refractivity contribution in [2.45, 2.75) is 32.0 Å². The fourth-order valence-corrected chi connectivity index (χ4v) is 3.84. The van der Waals surface area contributed by atoms with E-state index < -0.39 is 11.7 Å². The Morgan fingerprint density at radius 1 is 0.875 bits per heavy atom. The number of ether oxygens (including phenoxy) is 1. The molecule has 0 saturated carbocycles. The van der Waals surface area contributed by atoms with Gasteiger partial charge in [0.1, 0.15) is 12.4 Å². The Labute approximate surface area is 185 Å². The van der Waals surface area contributed by atoms with Crippen molar-refractivity contribution in [1.82, 2.24) is 4.98 Å². The van der Waals surface area contributed by atoms with E-state index in [1.54, 1.807) is 0 Å². The summed E-state index contributed by atoms with van der Waals surface area (Å²) in [6.07, 6.45) is -1.81. The number of aromatic amines is 1. The summed E-state index contributed by atoms with van der Waals surface area (Å²) < 4.78 is 44.9. The van der Waals surface area contributed by atoms with Gasteiger partial charge in [-0.15, -0.1) is 0 Å². The van der Waals surface area contributed by atoms with Crippen LogP contribution in [0.1, 0.15) is 29.5 Å². The second-order valence-electron chi connectivity index (χ2n) is 7.78. The van der Waals surface area contributed by atoms with E-state index in [4.69, 9.17) is 10.5 Å². The number of unbranched alkanes of at least 4 members (excludes halogenated alkanes) is 1.